The summed E-state index contributed by atoms with van der Waals surface area (Å²) in [6, 6.07) is 2.00. The van der Waals surface area contributed by atoms with Gasteiger partial charge in [0.15, 0.2) is 11.6 Å². The molecule has 0 fully saturated rings. The van der Waals surface area contributed by atoms with Crippen LogP contribution in [0.25, 0.3) is 5.69 Å². The Bertz CT molecular complexity index is 940. The van der Waals surface area contributed by atoms with E-state index in [0.29, 0.717) is 4.57 Å². The van der Waals surface area contributed by atoms with Crippen molar-refractivity contribution < 1.29 is 22.7 Å². The number of halogens is 4. The predicted molar refractivity (Wildman–Crippen MR) is 98.9 cm³/mol. The lowest BCUT2D eigenvalue weighted by molar-refractivity contribution is 0.0532. The van der Waals surface area contributed by atoms with Crippen LogP contribution in [0.15, 0.2) is 39.6 Å². The van der Waals surface area contributed by atoms with Gasteiger partial charge in [-0.05, 0) is 38.5 Å². The molecule has 2 aromatic rings. The number of amides is 1. The van der Waals surface area contributed by atoms with Crippen LogP contribution in [0, 0.1) is 11.6 Å². The summed E-state index contributed by atoms with van der Waals surface area (Å²) in [5, 5.41) is 6.09. The molecule has 0 aliphatic rings. The first-order chi connectivity index (χ1) is 13.0. The van der Waals surface area contributed by atoms with Crippen LogP contribution in [0.1, 0.15) is 20.8 Å². The highest BCUT2D eigenvalue weighted by Crippen LogP contribution is 2.21. The third-order valence-electron chi connectivity index (χ3n) is 3.32. The third-order valence-corrected chi connectivity index (χ3v) is 3.78. The van der Waals surface area contributed by atoms with Gasteiger partial charge in [-0.25, -0.2) is 32.0 Å². The normalized spacial score (nSPS) is 12.2. The summed E-state index contributed by atoms with van der Waals surface area (Å²) in [5.41, 5.74) is -2.21. The largest absolute Gasteiger partial charge is 0.444 e. The molecule has 1 amide bonds. The fourth-order valence-electron chi connectivity index (χ4n) is 2.18. The molecule has 0 unspecified atom stereocenters. The Morgan fingerprint density at radius 3 is 2.46 bits per heavy atom. The molecule has 0 aliphatic carbocycles. The molecule has 28 heavy (non-hydrogen) atoms. The number of nitrogens with one attached hydrogen (secondary N) is 1. The number of rotatable bonds is 5. The van der Waals surface area contributed by atoms with Crippen molar-refractivity contribution in [3.05, 3.63) is 57.0 Å². The second kappa shape index (κ2) is 8.63. The van der Waals surface area contributed by atoms with Crippen LogP contribution in [-0.2, 0) is 11.3 Å². The molecule has 1 aromatic heterocycles. The molecule has 0 saturated heterocycles. The van der Waals surface area contributed by atoms with E-state index in [-0.39, 0.29) is 29.5 Å². The van der Waals surface area contributed by atoms with Gasteiger partial charge in [0.05, 0.1) is 12.9 Å². The Balaban J connectivity index is 2.16. The zero-order chi connectivity index (χ0) is 21.1. The number of carbonyl (C=O) groups excluding carboxylic acids is 1. The lowest BCUT2D eigenvalue weighted by Crippen LogP contribution is -2.34. The van der Waals surface area contributed by atoms with E-state index in [0.717, 1.165) is 23.1 Å². The van der Waals surface area contributed by atoms with E-state index in [1.165, 1.54) is 0 Å². The number of carbonyl (C=O) groups is 1. The van der Waals surface area contributed by atoms with Crippen molar-refractivity contribution in [1.82, 2.24) is 19.7 Å². The fourth-order valence-corrected chi connectivity index (χ4v) is 2.59. The van der Waals surface area contributed by atoms with Crippen molar-refractivity contribution in [2.45, 2.75) is 32.9 Å². The summed E-state index contributed by atoms with van der Waals surface area (Å²) < 4.78 is 47.9. The van der Waals surface area contributed by atoms with Crippen molar-refractivity contribution in [2.75, 3.05) is 6.54 Å². The van der Waals surface area contributed by atoms with E-state index in [9.17, 15) is 22.8 Å². The fraction of sp³-hybridized carbons (Fsp3) is 0.353. The number of benzene rings is 1. The molecular formula is C17H18BrF3N4O3. The minimum Gasteiger partial charge on any atom is -0.444 e. The maximum absolute atomic E-state index is 14.1. The molecule has 11 heteroatoms. The van der Waals surface area contributed by atoms with Gasteiger partial charge in [0.1, 0.15) is 17.6 Å². The molecule has 1 aromatic carbocycles. The molecule has 1 heterocycles. The van der Waals surface area contributed by atoms with E-state index in [2.05, 4.69) is 26.3 Å². The van der Waals surface area contributed by atoms with Gasteiger partial charge >= 0.3 is 11.8 Å². The van der Waals surface area contributed by atoms with Crippen LogP contribution in [-0.4, -0.2) is 32.6 Å². The van der Waals surface area contributed by atoms with Crippen LogP contribution >= 0.6 is 15.9 Å². The topological polar surface area (TPSA) is 78.2 Å². The number of alkyl carbamates (subject to hydrolysis) is 1. The Morgan fingerprint density at radius 1 is 1.32 bits per heavy atom. The summed E-state index contributed by atoms with van der Waals surface area (Å²) in [6.07, 6.45) is 0.377. The Morgan fingerprint density at radius 2 is 1.93 bits per heavy atom. The standard InChI is InChI=1S/C17H18BrF3N4O3/c1-17(2,3)28-15(26)22-7-10(6-19)8-25-16(27)24(9-23-25)14-12(20)4-11(18)5-13(14)21/h4-6,9H,7-8H2,1-3H3,(H,22,26)/b10-6-. The van der Waals surface area contributed by atoms with Gasteiger partial charge in [0.2, 0.25) is 0 Å². The predicted octanol–water partition coefficient (Wildman–Crippen LogP) is 3.45. The molecule has 1 N–H and O–H groups in total. The van der Waals surface area contributed by atoms with Crippen molar-refractivity contribution in [3.63, 3.8) is 0 Å². The molecule has 152 valence electrons. The number of nitrogens with zero attached hydrogens (tertiary/aromatic N) is 3. The highest BCUT2D eigenvalue weighted by atomic mass is 79.9. The van der Waals surface area contributed by atoms with E-state index < -0.39 is 34.7 Å². The first-order valence-electron chi connectivity index (χ1n) is 8.06. The first-order valence-corrected chi connectivity index (χ1v) is 8.85. The second-order valence-electron chi connectivity index (χ2n) is 6.78. The van der Waals surface area contributed by atoms with E-state index >= 15 is 0 Å². The van der Waals surface area contributed by atoms with Crippen molar-refractivity contribution >= 4 is 22.0 Å². The van der Waals surface area contributed by atoms with Crippen molar-refractivity contribution in [3.8, 4) is 5.69 Å². The zero-order valence-corrected chi connectivity index (χ0v) is 16.9. The van der Waals surface area contributed by atoms with Crippen LogP contribution in [0.5, 0.6) is 0 Å². The Labute approximate surface area is 166 Å². The average molecular weight is 463 g/mol. The molecule has 0 spiro atoms. The molecule has 7 nitrogen and oxygen atoms in total. The van der Waals surface area contributed by atoms with Gasteiger partial charge in [-0.3, -0.25) is 0 Å². The highest BCUT2D eigenvalue weighted by molar-refractivity contribution is 9.10. The van der Waals surface area contributed by atoms with Crippen molar-refractivity contribution in [1.29, 1.82) is 0 Å². The van der Waals surface area contributed by atoms with E-state index in [1.807, 2.05) is 0 Å². The summed E-state index contributed by atoms with van der Waals surface area (Å²) >= 11 is 2.95. The number of aromatic nitrogens is 3. The monoisotopic (exact) mass is 462 g/mol. The number of hydrogen-bond donors (Lipinski definition) is 1. The minimum atomic E-state index is -0.971. The highest BCUT2D eigenvalue weighted by Gasteiger charge is 2.19. The third kappa shape index (κ3) is 5.47. The molecule has 0 atom stereocenters. The smallest absolute Gasteiger partial charge is 0.407 e. The summed E-state index contributed by atoms with van der Waals surface area (Å²) in [7, 11) is 0. The van der Waals surface area contributed by atoms with Gasteiger partial charge in [0, 0.05) is 11.0 Å². The Hall–Kier alpha value is -2.56. The lowest BCUT2D eigenvalue weighted by Gasteiger charge is -2.19. The minimum absolute atomic E-state index is 0.00467. The van der Waals surface area contributed by atoms with Crippen LogP contribution in [0.3, 0.4) is 0 Å². The van der Waals surface area contributed by atoms with Gasteiger partial charge < -0.3 is 10.1 Å². The maximum Gasteiger partial charge on any atom is 0.407 e. The van der Waals surface area contributed by atoms with E-state index in [1.54, 1.807) is 20.8 Å². The first kappa shape index (κ1) is 21.7. The quantitative estimate of drug-likeness (QED) is 0.737. The van der Waals surface area contributed by atoms with Crippen LogP contribution < -0.4 is 11.0 Å². The molecule has 2 rings (SSSR count). The average Bonchev–Trinajstić information content (AvgIpc) is 2.90. The van der Waals surface area contributed by atoms with Crippen LogP contribution in [0.4, 0.5) is 18.0 Å². The van der Waals surface area contributed by atoms with Crippen LogP contribution in [0.2, 0.25) is 0 Å². The second-order valence-corrected chi connectivity index (χ2v) is 7.70. The number of hydrogen-bond acceptors (Lipinski definition) is 4. The summed E-state index contributed by atoms with van der Waals surface area (Å²) in [5.74, 6) is -1.94. The van der Waals surface area contributed by atoms with Gasteiger partial charge in [0.25, 0.3) is 0 Å². The van der Waals surface area contributed by atoms with Gasteiger partial charge in [-0.15, -0.1) is 0 Å². The molecular weight excluding hydrogens is 445 g/mol. The Kier molecular flexibility index (Phi) is 6.70. The molecule has 0 saturated carbocycles. The molecule has 0 bridgehead atoms. The van der Waals surface area contributed by atoms with Gasteiger partial charge in [-0.2, -0.15) is 5.10 Å². The SMILES string of the molecule is CC(C)(C)OC(=O)NC/C(=C/F)Cn1ncn(-c2c(F)cc(Br)cc2F)c1=O. The molecule has 0 radical (unpaired) electrons. The zero-order valence-electron chi connectivity index (χ0n) is 15.3. The summed E-state index contributed by atoms with van der Waals surface area (Å²) in [4.78, 5) is 24.0. The van der Waals surface area contributed by atoms with E-state index in [4.69, 9.17) is 4.74 Å². The number of ether oxygens (including phenoxy) is 1. The maximum atomic E-state index is 14.1. The van der Waals surface area contributed by atoms with Crippen molar-refractivity contribution in [2.24, 2.45) is 0 Å². The molecule has 0 aliphatic heterocycles. The summed E-state index contributed by atoms with van der Waals surface area (Å²) in [6.45, 7) is 4.44. The lowest BCUT2D eigenvalue weighted by atomic mass is 10.2. The van der Waals surface area contributed by atoms with Gasteiger partial charge in [-0.1, -0.05) is 15.9 Å².